The Morgan fingerprint density at radius 1 is 1.12 bits per heavy atom. The fraction of sp³-hybridized carbons (Fsp3) is 0.652. The molecule has 0 amide bonds. The summed E-state index contributed by atoms with van der Waals surface area (Å²) in [6, 6.07) is 0.716. The van der Waals surface area contributed by atoms with E-state index in [1.54, 1.807) is 12.4 Å². The predicted octanol–water partition coefficient (Wildman–Crippen LogP) is 2.92. The van der Waals surface area contributed by atoms with Crippen LogP contribution in [0.2, 0.25) is 5.02 Å². The number of piperidine rings is 1. The number of fused-ring (bicyclic) bond motifs is 4. The molecule has 0 radical (unpaired) electrons. The average molecular weight is 487 g/mol. The van der Waals surface area contributed by atoms with Gasteiger partial charge in [0.1, 0.15) is 16.5 Å². The quantitative estimate of drug-likeness (QED) is 0.664. The minimum Gasteiger partial charge on any atom is -0.394 e. The van der Waals surface area contributed by atoms with E-state index in [2.05, 4.69) is 20.2 Å². The lowest BCUT2D eigenvalue weighted by Crippen LogP contribution is -2.61. The Balaban J connectivity index is 1.22. The second-order valence-electron chi connectivity index (χ2n) is 10.6. The highest BCUT2D eigenvalue weighted by Crippen LogP contribution is 2.57. The fourth-order valence-electron chi connectivity index (χ4n) is 6.26. The summed E-state index contributed by atoms with van der Waals surface area (Å²) in [6.07, 6.45) is 11.4. The van der Waals surface area contributed by atoms with E-state index in [0.717, 1.165) is 73.7 Å². The number of aliphatic hydroxyl groups is 1. The lowest BCUT2D eigenvalue weighted by Gasteiger charge is -2.55. The number of halogens is 1. The van der Waals surface area contributed by atoms with E-state index in [0.29, 0.717) is 34.6 Å². The monoisotopic (exact) mass is 486 g/mol. The topological polar surface area (TPSA) is 104 Å². The Morgan fingerprint density at radius 2 is 1.85 bits per heavy atom. The highest BCUT2D eigenvalue weighted by molar-refractivity contribution is 7.85. The molecule has 3 aliphatic heterocycles. The standard InChI is InChI=1S/C23H27ClN6O2S/c24-14-9-25-19(26-10-14)13-6-15-8-16(7-13)30(15)21-27-18-17(33(32)12-22(18)4-5-22)20(28-21)29-23(11-31)2-1-3-23/h9-10,13,15-16,31H,1-8,11-12H2,(H,27,28,29). The van der Waals surface area contributed by atoms with Crippen molar-refractivity contribution in [2.75, 3.05) is 22.6 Å². The first-order chi connectivity index (χ1) is 16.0. The van der Waals surface area contributed by atoms with E-state index >= 15 is 0 Å². The lowest BCUT2D eigenvalue weighted by atomic mass is 9.73. The van der Waals surface area contributed by atoms with Gasteiger partial charge in [0.25, 0.3) is 0 Å². The molecule has 8 nitrogen and oxygen atoms in total. The molecule has 5 heterocycles. The smallest absolute Gasteiger partial charge is 0.228 e. The number of rotatable bonds is 5. The van der Waals surface area contributed by atoms with Gasteiger partial charge in [-0.05, 0) is 51.4 Å². The van der Waals surface area contributed by atoms with Crippen LogP contribution in [-0.4, -0.2) is 59.2 Å². The third-order valence-electron chi connectivity index (χ3n) is 8.52. The maximum absolute atomic E-state index is 13.1. The van der Waals surface area contributed by atoms with Crippen LogP contribution in [0, 0.1) is 0 Å². The number of nitrogens with one attached hydrogen (secondary N) is 1. The third-order valence-corrected chi connectivity index (χ3v) is 10.4. The first kappa shape index (κ1) is 20.5. The Morgan fingerprint density at radius 3 is 2.45 bits per heavy atom. The van der Waals surface area contributed by atoms with Crippen LogP contribution in [0.3, 0.4) is 0 Å². The van der Waals surface area contributed by atoms with Crippen LogP contribution in [0.15, 0.2) is 17.3 Å². The number of hydrogen-bond donors (Lipinski definition) is 2. The van der Waals surface area contributed by atoms with Crippen LogP contribution in [0.4, 0.5) is 11.8 Å². The van der Waals surface area contributed by atoms with E-state index in [1.807, 2.05) is 0 Å². The molecule has 3 saturated carbocycles. The van der Waals surface area contributed by atoms with Crippen LogP contribution in [0.5, 0.6) is 0 Å². The second kappa shape index (κ2) is 7.09. The van der Waals surface area contributed by atoms with E-state index in [-0.39, 0.29) is 17.6 Å². The Hall–Kier alpha value is -1.84. The molecule has 8 rings (SSSR count). The first-order valence-corrected chi connectivity index (χ1v) is 13.6. The normalized spacial score (nSPS) is 32.1. The van der Waals surface area contributed by atoms with Crippen molar-refractivity contribution in [1.29, 1.82) is 0 Å². The Bertz CT molecular complexity index is 1130. The molecule has 5 fully saturated rings. The van der Waals surface area contributed by atoms with Gasteiger partial charge >= 0.3 is 0 Å². The van der Waals surface area contributed by atoms with Crippen molar-refractivity contribution in [2.24, 2.45) is 0 Å². The van der Waals surface area contributed by atoms with Gasteiger partial charge in [-0.2, -0.15) is 4.98 Å². The van der Waals surface area contributed by atoms with Gasteiger partial charge in [0.2, 0.25) is 5.95 Å². The molecular formula is C23H27ClN6O2S. The SMILES string of the molecule is O=S1CC2(CC2)c2nc(N3C4CC(c5ncc(Cl)cn5)CC3C4)nc(NC3(CO)CCC3)c21. The average Bonchev–Trinajstić information content (AvgIpc) is 3.50. The number of anilines is 2. The highest BCUT2D eigenvalue weighted by Gasteiger charge is 2.56. The molecule has 0 aromatic carbocycles. The van der Waals surface area contributed by atoms with Gasteiger partial charge in [0.15, 0.2) is 0 Å². The molecule has 2 bridgehead atoms. The number of aromatic nitrogens is 4. The zero-order valence-electron chi connectivity index (χ0n) is 18.3. The zero-order chi connectivity index (χ0) is 22.4. The summed E-state index contributed by atoms with van der Waals surface area (Å²) in [5.74, 6) is 3.29. The van der Waals surface area contributed by atoms with Crippen molar-refractivity contribution in [2.45, 2.75) is 85.2 Å². The molecule has 3 unspecified atom stereocenters. The molecule has 2 aromatic rings. The summed E-state index contributed by atoms with van der Waals surface area (Å²) < 4.78 is 13.1. The Labute approximate surface area is 200 Å². The van der Waals surface area contributed by atoms with Crippen molar-refractivity contribution in [3.05, 3.63) is 28.9 Å². The molecule has 3 atom stereocenters. The fourth-order valence-corrected chi connectivity index (χ4v) is 8.22. The molecule has 6 aliphatic rings. The minimum atomic E-state index is -1.09. The summed E-state index contributed by atoms with van der Waals surface area (Å²) in [6.45, 7) is 0.0661. The van der Waals surface area contributed by atoms with Crippen LogP contribution in [0.1, 0.15) is 68.8 Å². The van der Waals surface area contributed by atoms with Crippen LogP contribution >= 0.6 is 11.6 Å². The lowest BCUT2D eigenvalue weighted by molar-refractivity contribution is 0.143. The van der Waals surface area contributed by atoms with Crippen LogP contribution < -0.4 is 10.2 Å². The maximum Gasteiger partial charge on any atom is 0.228 e. The molecular weight excluding hydrogens is 460 g/mol. The number of nitrogens with zero attached hydrogens (tertiary/aromatic N) is 5. The van der Waals surface area contributed by atoms with Gasteiger partial charge in [-0.15, -0.1) is 0 Å². The van der Waals surface area contributed by atoms with E-state index < -0.39 is 10.8 Å². The first-order valence-electron chi connectivity index (χ1n) is 11.9. The molecule has 2 N–H and O–H groups in total. The van der Waals surface area contributed by atoms with Gasteiger partial charge in [-0.25, -0.2) is 15.0 Å². The second-order valence-corrected chi connectivity index (χ2v) is 12.4. The summed E-state index contributed by atoms with van der Waals surface area (Å²) in [5, 5.41) is 14.1. The van der Waals surface area contributed by atoms with Gasteiger partial charge < -0.3 is 15.3 Å². The van der Waals surface area contributed by atoms with E-state index in [4.69, 9.17) is 21.6 Å². The molecule has 10 heteroatoms. The van der Waals surface area contributed by atoms with Crippen molar-refractivity contribution in [3.8, 4) is 0 Å². The molecule has 1 spiro atoms. The molecule has 2 aromatic heterocycles. The highest BCUT2D eigenvalue weighted by atomic mass is 35.5. The summed E-state index contributed by atoms with van der Waals surface area (Å²) in [4.78, 5) is 22.1. The van der Waals surface area contributed by atoms with Crippen molar-refractivity contribution in [1.82, 2.24) is 19.9 Å². The van der Waals surface area contributed by atoms with E-state index in [9.17, 15) is 9.32 Å². The van der Waals surface area contributed by atoms with Crippen molar-refractivity contribution >= 4 is 34.2 Å². The Kier molecular flexibility index (Phi) is 4.41. The van der Waals surface area contributed by atoms with Gasteiger partial charge in [0, 0.05) is 41.6 Å². The van der Waals surface area contributed by atoms with Gasteiger partial charge in [-0.1, -0.05) is 11.6 Å². The molecule has 174 valence electrons. The summed E-state index contributed by atoms with van der Waals surface area (Å²) in [7, 11) is -1.09. The summed E-state index contributed by atoms with van der Waals surface area (Å²) in [5.41, 5.74) is 0.619. The predicted molar refractivity (Wildman–Crippen MR) is 125 cm³/mol. The van der Waals surface area contributed by atoms with Crippen LogP contribution in [0.25, 0.3) is 0 Å². The van der Waals surface area contributed by atoms with Gasteiger partial charge in [-0.3, -0.25) is 4.21 Å². The summed E-state index contributed by atoms with van der Waals surface area (Å²) >= 11 is 5.97. The molecule has 33 heavy (non-hydrogen) atoms. The van der Waals surface area contributed by atoms with Crippen LogP contribution in [-0.2, 0) is 16.2 Å². The molecule has 2 saturated heterocycles. The zero-order valence-corrected chi connectivity index (χ0v) is 19.9. The maximum atomic E-state index is 13.1. The third kappa shape index (κ3) is 3.08. The van der Waals surface area contributed by atoms with E-state index in [1.165, 1.54) is 0 Å². The largest absolute Gasteiger partial charge is 0.394 e. The number of hydrogen-bond acceptors (Lipinski definition) is 8. The van der Waals surface area contributed by atoms with Gasteiger partial charge in [0.05, 0.1) is 33.7 Å². The van der Waals surface area contributed by atoms with Crippen molar-refractivity contribution < 1.29 is 9.32 Å². The minimum absolute atomic E-state index is 0.0278. The molecule has 3 aliphatic carbocycles. The number of aliphatic hydroxyl groups excluding tert-OH is 1. The van der Waals surface area contributed by atoms with Crippen molar-refractivity contribution in [3.63, 3.8) is 0 Å².